The summed E-state index contributed by atoms with van der Waals surface area (Å²) in [6.07, 6.45) is -2.84. The van der Waals surface area contributed by atoms with Crippen LogP contribution in [0.1, 0.15) is 11.1 Å². The van der Waals surface area contributed by atoms with E-state index < -0.39 is 11.7 Å². The number of halogens is 3. The van der Waals surface area contributed by atoms with Gasteiger partial charge in [0, 0.05) is 11.6 Å². The number of hydrogen-bond acceptors (Lipinski definition) is 4. The van der Waals surface area contributed by atoms with Gasteiger partial charge < -0.3 is 9.47 Å². The Morgan fingerprint density at radius 2 is 1.70 bits per heavy atom. The Bertz CT molecular complexity index is 683. The van der Waals surface area contributed by atoms with E-state index in [1.165, 1.54) is 25.5 Å². The molecule has 7 heteroatoms. The number of nitrogens with zero attached hydrogens (tertiary/aromatic N) is 1. The van der Waals surface area contributed by atoms with Crippen molar-refractivity contribution < 1.29 is 22.6 Å². The van der Waals surface area contributed by atoms with E-state index in [4.69, 9.17) is 9.47 Å². The van der Waals surface area contributed by atoms with E-state index in [-0.39, 0.29) is 0 Å². The minimum Gasteiger partial charge on any atom is -0.497 e. The minimum absolute atomic E-state index is 0.446. The van der Waals surface area contributed by atoms with Gasteiger partial charge in [-0.3, -0.25) is 5.43 Å². The van der Waals surface area contributed by atoms with Gasteiger partial charge in [-0.25, -0.2) is 0 Å². The standard InChI is InChI=1S/C16H15F3N2O2/c1-22-14-8-3-11(15(9-14)23-2)10-20-21-13-6-4-12(5-7-13)16(17,18)19/h3-10,21H,1-2H3. The maximum absolute atomic E-state index is 12.5. The van der Waals surface area contributed by atoms with Crippen LogP contribution in [0.25, 0.3) is 0 Å². The van der Waals surface area contributed by atoms with Crippen LogP contribution >= 0.6 is 0 Å². The second kappa shape index (κ2) is 7.04. The highest BCUT2D eigenvalue weighted by atomic mass is 19.4. The van der Waals surface area contributed by atoms with Crippen molar-refractivity contribution >= 4 is 11.9 Å². The van der Waals surface area contributed by atoms with Crippen molar-refractivity contribution in [1.82, 2.24) is 0 Å². The first-order chi connectivity index (χ1) is 10.9. The Hall–Kier alpha value is -2.70. The van der Waals surface area contributed by atoms with Crippen molar-refractivity contribution in [2.24, 2.45) is 5.10 Å². The number of anilines is 1. The van der Waals surface area contributed by atoms with E-state index in [1.807, 2.05) is 0 Å². The summed E-state index contributed by atoms with van der Waals surface area (Å²) in [5.74, 6) is 1.22. The maximum atomic E-state index is 12.5. The van der Waals surface area contributed by atoms with Gasteiger partial charge in [-0.05, 0) is 36.4 Å². The number of alkyl halides is 3. The van der Waals surface area contributed by atoms with Crippen LogP contribution in [0.2, 0.25) is 0 Å². The SMILES string of the molecule is COc1ccc(C=NNc2ccc(C(F)(F)F)cc2)c(OC)c1. The normalized spacial score (nSPS) is 11.5. The van der Waals surface area contributed by atoms with E-state index in [0.717, 1.165) is 12.1 Å². The lowest BCUT2D eigenvalue weighted by molar-refractivity contribution is -0.137. The lowest BCUT2D eigenvalue weighted by Gasteiger charge is -2.08. The fourth-order valence-corrected chi connectivity index (χ4v) is 1.84. The number of hydrazone groups is 1. The molecule has 2 aromatic carbocycles. The number of nitrogens with one attached hydrogen (secondary N) is 1. The molecule has 2 aromatic rings. The van der Waals surface area contributed by atoms with Crippen LogP contribution in [0.5, 0.6) is 11.5 Å². The number of benzene rings is 2. The van der Waals surface area contributed by atoms with Crippen LogP contribution in [0, 0.1) is 0 Å². The van der Waals surface area contributed by atoms with Crippen molar-refractivity contribution in [2.45, 2.75) is 6.18 Å². The zero-order valence-electron chi connectivity index (χ0n) is 12.5. The Balaban J connectivity index is 2.07. The van der Waals surface area contributed by atoms with E-state index in [9.17, 15) is 13.2 Å². The Morgan fingerprint density at radius 1 is 1.00 bits per heavy atom. The molecule has 1 N–H and O–H groups in total. The van der Waals surface area contributed by atoms with Crippen molar-refractivity contribution in [3.63, 3.8) is 0 Å². The molecule has 4 nitrogen and oxygen atoms in total. The first-order valence-corrected chi connectivity index (χ1v) is 6.62. The number of ether oxygens (including phenoxy) is 2. The summed E-state index contributed by atoms with van der Waals surface area (Å²) in [4.78, 5) is 0. The van der Waals surface area contributed by atoms with Crippen LogP contribution in [0.4, 0.5) is 18.9 Å². The molecule has 0 bridgehead atoms. The van der Waals surface area contributed by atoms with Crippen LogP contribution in [0.3, 0.4) is 0 Å². The van der Waals surface area contributed by atoms with Gasteiger partial charge in [0.25, 0.3) is 0 Å². The molecule has 0 saturated heterocycles. The zero-order chi connectivity index (χ0) is 16.9. The van der Waals surface area contributed by atoms with Gasteiger partial charge in [0.15, 0.2) is 0 Å². The van der Waals surface area contributed by atoms with Crippen LogP contribution < -0.4 is 14.9 Å². The third-order valence-corrected chi connectivity index (χ3v) is 3.05. The predicted molar refractivity (Wildman–Crippen MR) is 82.2 cm³/mol. The van der Waals surface area contributed by atoms with Gasteiger partial charge in [0.05, 0.1) is 31.7 Å². The van der Waals surface area contributed by atoms with E-state index in [1.54, 1.807) is 25.3 Å². The molecule has 23 heavy (non-hydrogen) atoms. The van der Waals surface area contributed by atoms with Gasteiger partial charge in [0.2, 0.25) is 0 Å². The van der Waals surface area contributed by atoms with Crippen molar-refractivity contribution in [2.75, 3.05) is 19.6 Å². The summed E-state index contributed by atoms with van der Waals surface area (Å²) in [5, 5.41) is 3.99. The Kier molecular flexibility index (Phi) is 5.10. The molecule has 0 atom stereocenters. The van der Waals surface area contributed by atoms with Crippen molar-refractivity contribution in [3.8, 4) is 11.5 Å². The molecule has 0 aliphatic heterocycles. The molecule has 0 fully saturated rings. The molecular weight excluding hydrogens is 309 g/mol. The monoisotopic (exact) mass is 324 g/mol. The molecule has 0 aliphatic carbocycles. The van der Waals surface area contributed by atoms with Gasteiger partial charge in [0.1, 0.15) is 11.5 Å². The smallest absolute Gasteiger partial charge is 0.416 e. The fourth-order valence-electron chi connectivity index (χ4n) is 1.84. The molecule has 0 spiro atoms. The lowest BCUT2D eigenvalue weighted by Crippen LogP contribution is -2.04. The second-order valence-electron chi connectivity index (χ2n) is 4.55. The second-order valence-corrected chi connectivity index (χ2v) is 4.55. The van der Waals surface area contributed by atoms with Crippen LogP contribution in [-0.2, 0) is 6.18 Å². The Morgan fingerprint density at radius 3 is 2.26 bits per heavy atom. The molecule has 0 heterocycles. The topological polar surface area (TPSA) is 42.8 Å². The number of hydrogen-bond donors (Lipinski definition) is 1. The highest BCUT2D eigenvalue weighted by Crippen LogP contribution is 2.29. The summed E-state index contributed by atoms with van der Waals surface area (Å²) in [6, 6.07) is 9.82. The quantitative estimate of drug-likeness (QED) is 0.663. The zero-order valence-corrected chi connectivity index (χ0v) is 12.5. The summed E-state index contributed by atoms with van der Waals surface area (Å²) >= 11 is 0. The highest BCUT2D eigenvalue weighted by molar-refractivity contribution is 5.84. The van der Waals surface area contributed by atoms with Gasteiger partial charge in [-0.1, -0.05) is 0 Å². The van der Waals surface area contributed by atoms with E-state index in [2.05, 4.69) is 10.5 Å². The molecule has 0 aromatic heterocycles. The number of rotatable bonds is 5. The van der Waals surface area contributed by atoms with Crippen LogP contribution in [-0.4, -0.2) is 20.4 Å². The van der Waals surface area contributed by atoms with Gasteiger partial charge in [-0.2, -0.15) is 18.3 Å². The summed E-state index contributed by atoms with van der Waals surface area (Å²) in [5.41, 5.74) is 3.11. The van der Waals surface area contributed by atoms with Crippen LogP contribution in [0.15, 0.2) is 47.6 Å². The summed E-state index contributed by atoms with van der Waals surface area (Å²) in [6.45, 7) is 0. The van der Waals surface area contributed by atoms with Gasteiger partial charge >= 0.3 is 6.18 Å². The Labute approximate surface area is 131 Å². The van der Waals surface area contributed by atoms with E-state index in [0.29, 0.717) is 22.7 Å². The third-order valence-electron chi connectivity index (χ3n) is 3.05. The average molecular weight is 324 g/mol. The van der Waals surface area contributed by atoms with Crippen molar-refractivity contribution in [1.29, 1.82) is 0 Å². The third kappa shape index (κ3) is 4.38. The first kappa shape index (κ1) is 16.7. The molecule has 0 unspecified atom stereocenters. The van der Waals surface area contributed by atoms with E-state index >= 15 is 0 Å². The molecule has 0 saturated carbocycles. The molecule has 0 aliphatic rings. The largest absolute Gasteiger partial charge is 0.497 e. The fraction of sp³-hybridized carbons (Fsp3) is 0.188. The summed E-state index contributed by atoms with van der Waals surface area (Å²) < 4.78 is 47.7. The predicted octanol–water partition coefficient (Wildman–Crippen LogP) is 4.17. The lowest BCUT2D eigenvalue weighted by atomic mass is 10.2. The molecule has 122 valence electrons. The molecule has 0 radical (unpaired) electrons. The highest BCUT2D eigenvalue weighted by Gasteiger charge is 2.29. The van der Waals surface area contributed by atoms with Gasteiger partial charge in [-0.15, -0.1) is 0 Å². The number of methoxy groups -OCH3 is 2. The molecule has 2 rings (SSSR count). The molecule has 0 amide bonds. The molecular formula is C16H15F3N2O2. The minimum atomic E-state index is -4.35. The average Bonchev–Trinajstić information content (AvgIpc) is 2.54. The first-order valence-electron chi connectivity index (χ1n) is 6.62. The summed E-state index contributed by atoms with van der Waals surface area (Å²) in [7, 11) is 3.07. The van der Waals surface area contributed by atoms with Crippen molar-refractivity contribution in [3.05, 3.63) is 53.6 Å². The maximum Gasteiger partial charge on any atom is 0.416 e.